The minimum atomic E-state index is 1.25. The van der Waals surface area contributed by atoms with E-state index < -0.39 is 0 Å². The summed E-state index contributed by atoms with van der Waals surface area (Å²) >= 11 is 0. The van der Waals surface area contributed by atoms with Crippen LogP contribution in [-0.4, -0.2) is 11.6 Å². The van der Waals surface area contributed by atoms with E-state index in [1.165, 1.54) is 21.5 Å². The molecule has 0 unspecified atom stereocenters. The summed E-state index contributed by atoms with van der Waals surface area (Å²) in [6, 6.07) is 0. The first-order valence-electron chi connectivity index (χ1n) is 2.47. The standard InChI is InChI=1S/C6H10P2/c1-4-7-6(3)8-5-2/h4-5H,3H2,1-2H3. The van der Waals surface area contributed by atoms with Crippen LogP contribution in [0.2, 0.25) is 0 Å². The monoisotopic (exact) mass is 144 g/mol. The molecule has 0 amide bonds. The van der Waals surface area contributed by atoms with Crippen molar-refractivity contribution < 1.29 is 0 Å². The van der Waals surface area contributed by atoms with Gasteiger partial charge in [-0.2, -0.15) is 0 Å². The molecule has 0 N–H and O–H groups in total. The van der Waals surface area contributed by atoms with Crippen molar-refractivity contribution in [2.24, 2.45) is 0 Å². The van der Waals surface area contributed by atoms with Crippen molar-refractivity contribution in [1.29, 1.82) is 0 Å². The molecule has 0 bridgehead atoms. The van der Waals surface area contributed by atoms with Crippen molar-refractivity contribution in [1.82, 2.24) is 0 Å². The van der Waals surface area contributed by atoms with E-state index in [0.717, 1.165) is 0 Å². The van der Waals surface area contributed by atoms with Gasteiger partial charge in [0.15, 0.2) is 0 Å². The number of hydrogen-bond acceptors (Lipinski definition) is 0. The second-order valence-electron chi connectivity index (χ2n) is 1.19. The molecule has 2 heteroatoms. The normalized spacial score (nSPS) is 11.2. The first kappa shape index (κ1) is 8.08. The van der Waals surface area contributed by atoms with E-state index in [1.807, 2.05) is 13.8 Å². The van der Waals surface area contributed by atoms with Gasteiger partial charge in [-0.3, -0.25) is 0 Å². The van der Waals surface area contributed by atoms with Gasteiger partial charge in [-0.15, -0.1) is 0 Å². The van der Waals surface area contributed by atoms with Crippen LogP contribution < -0.4 is 0 Å². The highest BCUT2D eigenvalue weighted by molar-refractivity contribution is 7.63. The lowest BCUT2D eigenvalue weighted by atomic mass is 11.0. The van der Waals surface area contributed by atoms with E-state index >= 15 is 0 Å². The van der Waals surface area contributed by atoms with E-state index in [4.69, 9.17) is 0 Å². The van der Waals surface area contributed by atoms with Crippen molar-refractivity contribution >= 4 is 28.0 Å². The van der Waals surface area contributed by atoms with E-state index in [2.05, 4.69) is 18.2 Å². The SMILES string of the molecule is C=C(P=CC)P=CC. The fourth-order valence-electron chi connectivity index (χ4n) is 0.331. The molecule has 0 aromatic rings. The second-order valence-corrected chi connectivity index (χ2v) is 4.17. The van der Waals surface area contributed by atoms with Gasteiger partial charge in [0.05, 0.1) is 0 Å². The Bertz CT molecular complexity index is 108. The minimum Gasteiger partial charge on any atom is -0.0825 e. The van der Waals surface area contributed by atoms with Crippen molar-refractivity contribution in [2.45, 2.75) is 13.8 Å². The molecule has 0 spiro atoms. The number of hydrogen-bond donors (Lipinski definition) is 0. The Balaban J connectivity index is 3.66. The van der Waals surface area contributed by atoms with E-state index in [0.29, 0.717) is 0 Å². The highest BCUT2D eigenvalue weighted by atomic mass is 31.1. The summed E-state index contributed by atoms with van der Waals surface area (Å²) in [5, 5.41) is 1.25. The molecule has 0 aliphatic heterocycles. The summed E-state index contributed by atoms with van der Waals surface area (Å²) in [4.78, 5) is 0. The zero-order valence-corrected chi connectivity index (χ0v) is 7.05. The van der Waals surface area contributed by atoms with Crippen LogP contribution in [0, 0.1) is 0 Å². The van der Waals surface area contributed by atoms with Crippen LogP contribution in [0.1, 0.15) is 13.8 Å². The molecule has 0 aromatic heterocycles. The lowest BCUT2D eigenvalue weighted by Gasteiger charge is -1.80. The average molecular weight is 144 g/mol. The van der Waals surface area contributed by atoms with Crippen LogP contribution in [-0.2, 0) is 0 Å². The van der Waals surface area contributed by atoms with Gasteiger partial charge in [-0.25, -0.2) is 0 Å². The molecule has 44 valence electrons. The molecule has 0 saturated heterocycles. The Morgan fingerprint density at radius 2 is 1.62 bits per heavy atom. The highest BCUT2D eigenvalue weighted by Crippen LogP contribution is 2.22. The van der Waals surface area contributed by atoms with Gasteiger partial charge in [-0.1, -0.05) is 34.6 Å². The summed E-state index contributed by atoms with van der Waals surface area (Å²) < 4.78 is 0. The lowest BCUT2D eigenvalue weighted by Crippen LogP contribution is -1.48. The third-order valence-corrected chi connectivity index (χ3v) is 2.36. The van der Waals surface area contributed by atoms with E-state index in [1.54, 1.807) is 0 Å². The molecule has 0 aliphatic carbocycles. The summed E-state index contributed by atoms with van der Waals surface area (Å²) in [6.45, 7) is 7.93. The lowest BCUT2D eigenvalue weighted by molar-refractivity contribution is 2.13. The Hall–Kier alpha value is 0.0800. The van der Waals surface area contributed by atoms with Crippen molar-refractivity contribution in [3.63, 3.8) is 0 Å². The zero-order chi connectivity index (χ0) is 6.41. The first-order valence-corrected chi connectivity index (χ1v) is 4.40. The van der Waals surface area contributed by atoms with Crippen LogP contribution in [0.15, 0.2) is 11.6 Å². The molecular formula is C6H10P2. The van der Waals surface area contributed by atoms with Crippen molar-refractivity contribution in [3.05, 3.63) is 11.6 Å². The van der Waals surface area contributed by atoms with Gasteiger partial charge in [0.25, 0.3) is 0 Å². The minimum absolute atomic E-state index is 1.25. The Morgan fingerprint density at radius 1 is 1.25 bits per heavy atom. The second kappa shape index (κ2) is 5.22. The quantitative estimate of drug-likeness (QED) is 0.522. The van der Waals surface area contributed by atoms with Crippen molar-refractivity contribution in [2.75, 3.05) is 0 Å². The Morgan fingerprint density at radius 3 is 1.88 bits per heavy atom. The Kier molecular flexibility index (Phi) is 5.27. The molecule has 0 aromatic carbocycles. The van der Waals surface area contributed by atoms with Crippen LogP contribution in [0.3, 0.4) is 0 Å². The van der Waals surface area contributed by atoms with Crippen LogP contribution in [0.5, 0.6) is 0 Å². The van der Waals surface area contributed by atoms with Gasteiger partial charge in [0.1, 0.15) is 0 Å². The van der Waals surface area contributed by atoms with E-state index in [-0.39, 0.29) is 0 Å². The fraction of sp³-hybridized carbons (Fsp3) is 0.333. The maximum atomic E-state index is 3.85. The largest absolute Gasteiger partial charge is 0.0825 e. The summed E-state index contributed by atoms with van der Waals surface area (Å²) in [5.74, 6) is 4.19. The van der Waals surface area contributed by atoms with E-state index in [9.17, 15) is 0 Å². The van der Waals surface area contributed by atoms with Gasteiger partial charge in [0, 0.05) is 5.06 Å². The van der Waals surface area contributed by atoms with Gasteiger partial charge >= 0.3 is 0 Å². The van der Waals surface area contributed by atoms with Gasteiger partial charge < -0.3 is 0 Å². The first-order chi connectivity index (χ1) is 3.81. The van der Waals surface area contributed by atoms with Crippen molar-refractivity contribution in [3.8, 4) is 0 Å². The average Bonchev–Trinajstić information content (AvgIpc) is 1.68. The molecule has 0 nitrogen and oxygen atoms in total. The predicted octanol–water partition coefficient (Wildman–Crippen LogP) is 2.99. The third-order valence-electron chi connectivity index (χ3n) is 0.556. The zero-order valence-electron chi connectivity index (χ0n) is 5.26. The summed E-state index contributed by atoms with van der Waals surface area (Å²) in [5.41, 5.74) is 0. The molecular weight excluding hydrogens is 134 g/mol. The predicted molar refractivity (Wildman–Crippen MR) is 46.5 cm³/mol. The third kappa shape index (κ3) is 4.24. The molecule has 0 fully saturated rings. The maximum absolute atomic E-state index is 3.85. The molecule has 0 radical (unpaired) electrons. The van der Waals surface area contributed by atoms with Crippen LogP contribution >= 0.6 is 16.4 Å². The van der Waals surface area contributed by atoms with Crippen LogP contribution in [0.4, 0.5) is 0 Å². The molecule has 0 heterocycles. The summed E-state index contributed by atoms with van der Waals surface area (Å²) in [6.07, 6.45) is 0. The molecule has 0 saturated carbocycles. The highest BCUT2D eigenvalue weighted by Gasteiger charge is 1.74. The molecule has 8 heavy (non-hydrogen) atoms. The maximum Gasteiger partial charge on any atom is 0.0213 e. The Labute approximate surface area is 54.2 Å². The fourth-order valence-corrected chi connectivity index (χ4v) is 1.89. The molecule has 0 rings (SSSR count). The molecule has 0 atom stereocenters. The number of rotatable bonds is 2. The molecule has 0 aliphatic rings. The van der Waals surface area contributed by atoms with Gasteiger partial charge in [0.2, 0.25) is 0 Å². The summed E-state index contributed by atoms with van der Waals surface area (Å²) in [7, 11) is 2.53. The topological polar surface area (TPSA) is 0 Å². The van der Waals surface area contributed by atoms with Gasteiger partial charge in [-0.05, 0) is 13.8 Å². The van der Waals surface area contributed by atoms with Crippen LogP contribution in [0.25, 0.3) is 0 Å². The smallest absolute Gasteiger partial charge is 0.0213 e.